The van der Waals surface area contributed by atoms with Crippen LogP contribution in [-0.4, -0.2) is 29.9 Å². The van der Waals surface area contributed by atoms with Crippen molar-refractivity contribution in [3.63, 3.8) is 0 Å². The first-order valence-electron chi connectivity index (χ1n) is 8.28. The van der Waals surface area contributed by atoms with Crippen molar-refractivity contribution in [3.8, 4) is 0 Å². The number of rotatable bonds is 8. The molecule has 1 heterocycles. The summed E-state index contributed by atoms with van der Waals surface area (Å²) in [6.45, 7) is 3.20. The van der Waals surface area contributed by atoms with Gasteiger partial charge in [-0.3, -0.25) is 9.59 Å². The molecule has 1 aromatic heterocycles. The number of nitrogens with zero attached hydrogens (tertiary/aromatic N) is 1. The van der Waals surface area contributed by atoms with Gasteiger partial charge in [-0.05, 0) is 30.5 Å². The molecule has 0 saturated carbocycles. The summed E-state index contributed by atoms with van der Waals surface area (Å²) in [4.78, 5) is 28.3. The fourth-order valence-electron chi connectivity index (χ4n) is 2.21. The summed E-state index contributed by atoms with van der Waals surface area (Å²) >= 11 is 0. The van der Waals surface area contributed by atoms with Crippen molar-refractivity contribution in [3.05, 3.63) is 65.5 Å². The van der Waals surface area contributed by atoms with E-state index in [0.29, 0.717) is 13.1 Å². The molecule has 0 spiro atoms. The van der Waals surface area contributed by atoms with E-state index in [1.54, 1.807) is 18.2 Å². The summed E-state index contributed by atoms with van der Waals surface area (Å²) in [6, 6.07) is 14.8. The predicted octanol–water partition coefficient (Wildman–Crippen LogP) is 2.58. The number of pyridine rings is 1. The summed E-state index contributed by atoms with van der Waals surface area (Å²) < 4.78 is 0. The molecule has 0 aliphatic carbocycles. The van der Waals surface area contributed by atoms with Crippen molar-refractivity contribution in [2.75, 3.05) is 13.1 Å². The van der Waals surface area contributed by atoms with Crippen LogP contribution in [0.5, 0.6) is 0 Å². The first kappa shape index (κ1) is 17.7. The number of hydrogen-bond donors (Lipinski definition) is 2. The molecule has 1 aromatic carbocycles. The number of carbonyl (C=O) groups excluding carboxylic acids is 2. The summed E-state index contributed by atoms with van der Waals surface area (Å²) in [5.41, 5.74) is 1.68. The maximum atomic E-state index is 12.2. The molecule has 0 unspecified atom stereocenters. The molecule has 0 bridgehead atoms. The molecule has 2 N–H and O–H groups in total. The Labute approximate surface area is 142 Å². The zero-order chi connectivity index (χ0) is 17.2. The van der Waals surface area contributed by atoms with Crippen LogP contribution in [0, 0.1) is 0 Å². The summed E-state index contributed by atoms with van der Waals surface area (Å²) in [6.07, 6.45) is 2.69. The molecule has 2 aromatic rings. The van der Waals surface area contributed by atoms with Crippen molar-refractivity contribution in [2.45, 2.75) is 26.2 Å². The summed E-state index contributed by atoms with van der Waals surface area (Å²) in [5, 5.41) is 5.63. The molecule has 126 valence electrons. The Hall–Kier alpha value is -2.69. The van der Waals surface area contributed by atoms with E-state index < -0.39 is 0 Å². The van der Waals surface area contributed by atoms with Crippen LogP contribution in [0.2, 0.25) is 0 Å². The number of benzene rings is 1. The van der Waals surface area contributed by atoms with Crippen LogP contribution in [0.4, 0.5) is 0 Å². The lowest BCUT2D eigenvalue weighted by atomic mass is 10.1. The zero-order valence-electron chi connectivity index (χ0n) is 13.9. The van der Waals surface area contributed by atoms with Gasteiger partial charge in [-0.1, -0.05) is 49.7 Å². The first-order valence-corrected chi connectivity index (χ1v) is 8.28. The van der Waals surface area contributed by atoms with Gasteiger partial charge < -0.3 is 10.6 Å². The second-order valence-electron chi connectivity index (χ2n) is 5.51. The standard InChI is InChI=1S/C19H23N3O2/c1-2-3-13-20-18(23)16-10-7-11-17(22-16)19(24)21-14-12-15-8-5-4-6-9-15/h4-11H,2-3,12-14H2,1H3,(H,20,23)(H,21,24). The van der Waals surface area contributed by atoms with Gasteiger partial charge in [-0.15, -0.1) is 0 Å². The van der Waals surface area contributed by atoms with E-state index in [9.17, 15) is 9.59 Å². The molecule has 2 rings (SSSR count). The molecule has 5 nitrogen and oxygen atoms in total. The van der Waals surface area contributed by atoms with Gasteiger partial charge >= 0.3 is 0 Å². The van der Waals surface area contributed by atoms with Crippen LogP contribution < -0.4 is 10.6 Å². The second-order valence-corrected chi connectivity index (χ2v) is 5.51. The lowest BCUT2D eigenvalue weighted by Gasteiger charge is -2.07. The highest BCUT2D eigenvalue weighted by Gasteiger charge is 2.11. The lowest BCUT2D eigenvalue weighted by molar-refractivity contribution is 0.0944. The number of nitrogens with one attached hydrogen (secondary N) is 2. The van der Waals surface area contributed by atoms with Crippen LogP contribution >= 0.6 is 0 Å². The van der Waals surface area contributed by atoms with Crippen LogP contribution in [0.15, 0.2) is 48.5 Å². The highest BCUT2D eigenvalue weighted by Crippen LogP contribution is 2.02. The molecule has 0 atom stereocenters. The van der Waals surface area contributed by atoms with Gasteiger partial charge in [-0.2, -0.15) is 0 Å². The SMILES string of the molecule is CCCCNC(=O)c1cccc(C(=O)NCCc2ccccc2)n1. The minimum atomic E-state index is -0.269. The maximum absolute atomic E-state index is 12.2. The predicted molar refractivity (Wildman–Crippen MR) is 94.0 cm³/mol. The van der Waals surface area contributed by atoms with E-state index in [0.717, 1.165) is 24.8 Å². The van der Waals surface area contributed by atoms with E-state index in [1.807, 2.05) is 30.3 Å². The average molecular weight is 325 g/mol. The Morgan fingerprint density at radius 1 is 0.875 bits per heavy atom. The van der Waals surface area contributed by atoms with Crippen molar-refractivity contribution in [1.29, 1.82) is 0 Å². The highest BCUT2D eigenvalue weighted by molar-refractivity contribution is 5.96. The Morgan fingerprint density at radius 3 is 2.12 bits per heavy atom. The zero-order valence-corrected chi connectivity index (χ0v) is 13.9. The van der Waals surface area contributed by atoms with Crippen LogP contribution in [0.1, 0.15) is 46.3 Å². The van der Waals surface area contributed by atoms with Crippen molar-refractivity contribution in [1.82, 2.24) is 15.6 Å². The lowest BCUT2D eigenvalue weighted by Crippen LogP contribution is -2.29. The first-order chi connectivity index (χ1) is 11.7. The van der Waals surface area contributed by atoms with Crippen LogP contribution in [0.3, 0.4) is 0 Å². The van der Waals surface area contributed by atoms with E-state index in [2.05, 4.69) is 22.5 Å². The third kappa shape index (κ3) is 5.50. The van der Waals surface area contributed by atoms with E-state index in [1.165, 1.54) is 0 Å². The van der Waals surface area contributed by atoms with Gasteiger partial charge in [0.1, 0.15) is 11.4 Å². The molecule has 2 amide bonds. The van der Waals surface area contributed by atoms with Gasteiger partial charge in [0, 0.05) is 13.1 Å². The minimum Gasteiger partial charge on any atom is -0.351 e. The molecule has 0 fully saturated rings. The number of aromatic nitrogens is 1. The van der Waals surface area contributed by atoms with E-state index in [-0.39, 0.29) is 23.2 Å². The molecular weight excluding hydrogens is 302 g/mol. The Morgan fingerprint density at radius 2 is 1.50 bits per heavy atom. The van der Waals surface area contributed by atoms with E-state index >= 15 is 0 Å². The van der Waals surface area contributed by atoms with Crippen molar-refractivity contribution in [2.24, 2.45) is 0 Å². The highest BCUT2D eigenvalue weighted by atomic mass is 16.2. The number of unbranched alkanes of at least 4 members (excludes halogenated alkanes) is 1. The van der Waals surface area contributed by atoms with Gasteiger partial charge in [0.15, 0.2) is 0 Å². The fourth-order valence-corrected chi connectivity index (χ4v) is 2.21. The number of carbonyl (C=O) groups is 2. The van der Waals surface area contributed by atoms with Gasteiger partial charge in [0.2, 0.25) is 0 Å². The largest absolute Gasteiger partial charge is 0.351 e. The van der Waals surface area contributed by atoms with Crippen LogP contribution in [-0.2, 0) is 6.42 Å². The quantitative estimate of drug-likeness (QED) is 0.733. The summed E-state index contributed by atoms with van der Waals surface area (Å²) in [5.74, 6) is -0.517. The Bertz CT molecular complexity index is 671. The van der Waals surface area contributed by atoms with E-state index in [4.69, 9.17) is 0 Å². The van der Waals surface area contributed by atoms with Crippen molar-refractivity contribution < 1.29 is 9.59 Å². The Balaban J connectivity index is 1.87. The molecule has 0 saturated heterocycles. The van der Waals surface area contributed by atoms with Crippen LogP contribution in [0.25, 0.3) is 0 Å². The topological polar surface area (TPSA) is 71.1 Å². The normalized spacial score (nSPS) is 10.2. The third-order valence-electron chi connectivity index (χ3n) is 3.57. The summed E-state index contributed by atoms with van der Waals surface area (Å²) in [7, 11) is 0. The Kier molecular flexibility index (Phi) is 6.95. The molecule has 0 radical (unpaired) electrons. The molecule has 24 heavy (non-hydrogen) atoms. The fraction of sp³-hybridized carbons (Fsp3) is 0.316. The van der Waals surface area contributed by atoms with Gasteiger partial charge in [-0.25, -0.2) is 4.98 Å². The number of amides is 2. The molecule has 5 heteroatoms. The van der Waals surface area contributed by atoms with Crippen molar-refractivity contribution >= 4 is 11.8 Å². The molecular formula is C19H23N3O2. The maximum Gasteiger partial charge on any atom is 0.269 e. The monoisotopic (exact) mass is 325 g/mol. The smallest absolute Gasteiger partial charge is 0.269 e. The molecule has 0 aliphatic rings. The second kappa shape index (κ2) is 9.45. The molecule has 0 aliphatic heterocycles. The minimum absolute atomic E-state index is 0.248. The third-order valence-corrected chi connectivity index (χ3v) is 3.57. The average Bonchev–Trinajstić information content (AvgIpc) is 2.63. The number of hydrogen-bond acceptors (Lipinski definition) is 3. The van der Waals surface area contributed by atoms with Gasteiger partial charge in [0.25, 0.3) is 11.8 Å². The van der Waals surface area contributed by atoms with Gasteiger partial charge in [0.05, 0.1) is 0 Å².